The lowest BCUT2D eigenvalue weighted by molar-refractivity contribution is -0.138. The third-order valence-corrected chi connectivity index (χ3v) is 3.59. The first-order valence-electron chi connectivity index (χ1n) is 6.89. The van der Waals surface area contributed by atoms with Gasteiger partial charge < -0.3 is 15.6 Å². The number of hydrogen-bond acceptors (Lipinski definition) is 3. The van der Waals surface area contributed by atoms with Gasteiger partial charge >= 0.3 is 5.97 Å². The zero-order valence-electron chi connectivity index (χ0n) is 11.0. The summed E-state index contributed by atoms with van der Waals surface area (Å²) >= 11 is 0. The van der Waals surface area contributed by atoms with E-state index >= 15 is 0 Å². The van der Waals surface area contributed by atoms with Crippen molar-refractivity contribution in [3.8, 4) is 5.75 Å². The molecule has 1 atom stereocenters. The van der Waals surface area contributed by atoms with Crippen LogP contribution in [0.2, 0.25) is 0 Å². The number of carboxylic acids is 1. The van der Waals surface area contributed by atoms with Crippen LogP contribution in [0.1, 0.15) is 37.7 Å². The Morgan fingerprint density at radius 2 is 1.95 bits per heavy atom. The van der Waals surface area contributed by atoms with E-state index in [9.17, 15) is 4.79 Å². The van der Waals surface area contributed by atoms with Gasteiger partial charge in [0.2, 0.25) is 0 Å². The third kappa shape index (κ3) is 4.24. The van der Waals surface area contributed by atoms with E-state index in [0.29, 0.717) is 18.9 Å². The number of benzene rings is 1. The predicted molar refractivity (Wildman–Crippen MR) is 73.3 cm³/mol. The van der Waals surface area contributed by atoms with Crippen molar-refractivity contribution >= 4 is 5.97 Å². The summed E-state index contributed by atoms with van der Waals surface area (Å²) in [6, 6.07) is 7.10. The Bertz CT molecular complexity index is 410. The Balaban J connectivity index is 1.82. The first-order valence-corrected chi connectivity index (χ1v) is 6.89. The van der Waals surface area contributed by atoms with Crippen LogP contribution in [0.5, 0.6) is 5.75 Å². The summed E-state index contributed by atoms with van der Waals surface area (Å²) in [5.74, 6) is -0.0423. The summed E-state index contributed by atoms with van der Waals surface area (Å²) in [6.45, 7) is 0. The minimum absolute atomic E-state index is 0.367. The first-order chi connectivity index (χ1) is 9.15. The Morgan fingerprint density at radius 3 is 2.53 bits per heavy atom. The molecule has 0 radical (unpaired) electrons. The second kappa shape index (κ2) is 6.57. The third-order valence-electron chi connectivity index (χ3n) is 3.59. The average Bonchev–Trinajstić information content (AvgIpc) is 2.90. The lowest BCUT2D eigenvalue weighted by Gasteiger charge is -2.13. The van der Waals surface area contributed by atoms with E-state index in [-0.39, 0.29) is 0 Å². The monoisotopic (exact) mass is 263 g/mol. The average molecular weight is 263 g/mol. The van der Waals surface area contributed by atoms with Crippen LogP contribution in [0.25, 0.3) is 0 Å². The first kappa shape index (κ1) is 13.9. The fourth-order valence-corrected chi connectivity index (χ4v) is 2.38. The molecule has 0 bridgehead atoms. The molecule has 19 heavy (non-hydrogen) atoms. The van der Waals surface area contributed by atoms with Gasteiger partial charge in [-0.2, -0.15) is 0 Å². The van der Waals surface area contributed by atoms with Crippen molar-refractivity contribution in [1.29, 1.82) is 0 Å². The minimum Gasteiger partial charge on any atom is -0.490 e. The van der Waals surface area contributed by atoms with Gasteiger partial charge in [-0.05, 0) is 56.2 Å². The van der Waals surface area contributed by atoms with Crippen molar-refractivity contribution in [3.05, 3.63) is 29.8 Å². The van der Waals surface area contributed by atoms with Crippen LogP contribution in [-0.2, 0) is 11.2 Å². The maximum absolute atomic E-state index is 10.6. The molecule has 1 aliphatic carbocycles. The quantitative estimate of drug-likeness (QED) is 0.826. The topological polar surface area (TPSA) is 72.5 Å². The van der Waals surface area contributed by atoms with Crippen LogP contribution < -0.4 is 10.5 Å². The van der Waals surface area contributed by atoms with Gasteiger partial charge in [-0.1, -0.05) is 12.1 Å². The van der Waals surface area contributed by atoms with Crippen molar-refractivity contribution in [2.45, 2.75) is 50.7 Å². The second-order valence-electron chi connectivity index (χ2n) is 5.15. The zero-order valence-corrected chi connectivity index (χ0v) is 11.0. The van der Waals surface area contributed by atoms with Gasteiger partial charge in [0.05, 0.1) is 6.10 Å². The molecule has 0 saturated heterocycles. The van der Waals surface area contributed by atoms with E-state index < -0.39 is 12.0 Å². The van der Waals surface area contributed by atoms with E-state index in [1.165, 1.54) is 12.8 Å². The smallest absolute Gasteiger partial charge is 0.320 e. The van der Waals surface area contributed by atoms with E-state index in [4.69, 9.17) is 15.6 Å². The van der Waals surface area contributed by atoms with Crippen LogP contribution in [0.15, 0.2) is 24.3 Å². The van der Waals surface area contributed by atoms with Gasteiger partial charge in [-0.15, -0.1) is 0 Å². The highest BCUT2D eigenvalue weighted by molar-refractivity contribution is 5.73. The molecule has 4 heteroatoms. The number of rotatable bonds is 6. The molecule has 3 N–H and O–H groups in total. The lowest BCUT2D eigenvalue weighted by atomic mass is 10.1. The van der Waals surface area contributed by atoms with Crippen LogP contribution in [0, 0.1) is 0 Å². The molecule has 104 valence electrons. The fraction of sp³-hybridized carbons (Fsp3) is 0.533. The van der Waals surface area contributed by atoms with E-state index in [2.05, 4.69) is 0 Å². The molecule has 1 saturated carbocycles. The molecule has 2 rings (SSSR count). The van der Waals surface area contributed by atoms with Crippen molar-refractivity contribution in [3.63, 3.8) is 0 Å². The molecule has 1 aromatic carbocycles. The van der Waals surface area contributed by atoms with Crippen molar-refractivity contribution in [1.82, 2.24) is 0 Å². The zero-order chi connectivity index (χ0) is 13.7. The number of nitrogens with two attached hydrogens (primary N) is 1. The Morgan fingerprint density at radius 1 is 1.32 bits per heavy atom. The minimum atomic E-state index is -0.943. The second-order valence-corrected chi connectivity index (χ2v) is 5.15. The maximum Gasteiger partial charge on any atom is 0.320 e. The fourth-order valence-electron chi connectivity index (χ4n) is 2.38. The van der Waals surface area contributed by atoms with Crippen LogP contribution in [0.3, 0.4) is 0 Å². The van der Waals surface area contributed by atoms with Gasteiger partial charge in [0.1, 0.15) is 11.8 Å². The van der Waals surface area contributed by atoms with Gasteiger partial charge in [-0.25, -0.2) is 0 Å². The number of carboxylic acid groups (broad SMARTS) is 1. The molecule has 0 aromatic heterocycles. The van der Waals surface area contributed by atoms with Crippen molar-refractivity contribution in [2.75, 3.05) is 0 Å². The molecule has 1 aromatic rings. The van der Waals surface area contributed by atoms with Crippen LogP contribution in [-0.4, -0.2) is 23.2 Å². The van der Waals surface area contributed by atoms with Gasteiger partial charge in [0.15, 0.2) is 0 Å². The Kier molecular flexibility index (Phi) is 4.80. The molecule has 0 heterocycles. The summed E-state index contributed by atoms with van der Waals surface area (Å²) in [5, 5.41) is 8.72. The summed E-state index contributed by atoms with van der Waals surface area (Å²) in [6.07, 6.45) is 6.32. The van der Waals surface area contributed by atoms with Gasteiger partial charge in [0, 0.05) is 0 Å². The molecule has 1 unspecified atom stereocenters. The number of ether oxygens (including phenoxy) is 1. The van der Waals surface area contributed by atoms with Crippen molar-refractivity contribution < 1.29 is 14.6 Å². The highest BCUT2D eigenvalue weighted by Gasteiger charge is 2.16. The Hall–Kier alpha value is -1.55. The molecular weight excluding hydrogens is 242 g/mol. The highest BCUT2D eigenvalue weighted by atomic mass is 16.5. The number of hydrogen-bond donors (Lipinski definition) is 2. The number of aryl methyl sites for hydroxylation is 1. The molecular formula is C15H21NO3. The van der Waals surface area contributed by atoms with E-state index in [0.717, 1.165) is 24.2 Å². The molecule has 0 spiro atoms. The summed E-state index contributed by atoms with van der Waals surface area (Å²) < 4.78 is 5.88. The summed E-state index contributed by atoms with van der Waals surface area (Å²) in [5.41, 5.74) is 6.57. The number of aliphatic carboxylic acids is 1. The molecule has 1 fully saturated rings. The maximum atomic E-state index is 10.6. The summed E-state index contributed by atoms with van der Waals surface area (Å²) in [7, 11) is 0. The van der Waals surface area contributed by atoms with Gasteiger partial charge in [-0.3, -0.25) is 4.79 Å². The molecule has 0 amide bonds. The SMILES string of the molecule is NC(CCc1ccc(OC2CCCC2)cc1)C(=O)O. The number of carbonyl (C=O) groups is 1. The predicted octanol–water partition coefficient (Wildman–Crippen LogP) is 2.35. The van der Waals surface area contributed by atoms with E-state index in [1.54, 1.807) is 0 Å². The molecule has 0 aliphatic heterocycles. The van der Waals surface area contributed by atoms with Crippen LogP contribution in [0.4, 0.5) is 0 Å². The van der Waals surface area contributed by atoms with Gasteiger partial charge in [0.25, 0.3) is 0 Å². The summed E-state index contributed by atoms with van der Waals surface area (Å²) in [4.78, 5) is 10.6. The highest BCUT2D eigenvalue weighted by Crippen LogP contribution is 2.24. The largest absolute Gasteiger partial charge is 0.490 e. The molecule has 4 nitrogen and oxygen atoms in total. The molecule has 1 aliphatic rings. The normalized spacial score (nSPS) is 17.3. The lowest BCUT2D eigenvalue weighted by Crippen LogP contribution is -2.30. The van der Waals surface area contributed by atoms with Crippen molar-refractivity contribution in [2.24, 2.45) is 5.73 Å². The standard InChI is InChI=1S/C15H21NO3/c16-14(15(17)18)10-7-11-5-8-13(9-6-11)19-12-3-1-2-4-12/h5-6,8-9,12,14H,1-4,7,10,16H2,(H,17,18). The van der Waals surface area contributed by atoms with Crippen LogP contribution >= 0.6 is 0 Å². The van der Waals surface area contributed by atoms with E-state index in [1.807, 2.05) is 24.3 Å². The Labute approximate surface area is 113 Å².